The molecule has 1 aromatic rings. The lowest BCUT2D eigenvalue weighted by molar-refractivity contribution is -0.119. The first-order valence-corrected chi connectivity index (χ1v) is 9.69. The zero-order valence-corrected chi connectivity index (χ0v) is 15.7. The van der Waals surface area contributed by atoms with E-state index in [9.17, 15) is 14.7 Å². The lowest BCUT2D eigenvalue weighted by atomic mass is 9.89. The maximum absolute atomic E-state index is 13.0. The Morgan fingerprint density at radius 3 is 2.63 bits per heavy atom. The van der Waals surface area contributed by atoms with Crippen LogP contribution >= 0.6 is 0 Å². The Balaban J connectivity index is 1.66. The minimum Gasteiger partial charge on any atom is -0.484 e. The highest BCUT2D eigenvalue weighted by molar-refractivity contribution is 5.94. The average Bonchev–Trinajstić information content (AvgIpc) is 3.18. The van der Waals surface area contributed by atoms with Gasteiger partial charge in [0.25, 0.3) is 11.8 Å². The quantitative estimate of drug-likeness (QED) is 0.732. The molecule has 27 heavy (non-hydrogen) atoms. The predicted octanol–water partition coefficient (Wildman–Crippen LogP) is 0.717. The second-order valence-electron chi connectivity index (χ2n) is 7.65. The van der Waals surface area contributed by atoms with Gasteiger partial charge in [0.1, 0.15) is 5.75 Å². The number of hydrogen-bond acceptors (Lipinski definition) is 5. The molecule has 0 spiro atoms. The van der Waals surface area contributed by atoms with E-state index in [1.165, 1.54) is 12.8 Å². The summed E-state index contributed by atoms with van der Waals surface area (Å²) in [4.78, 5) is 28.2. The summed E-state index contributed by atoms with van der Waals surface area (Å²) in [5.74, 6) is 0.322. The highest BCUT2D eigenvalue weighted by Crippen LogP contribution is 2.26. The molecule has 0 radical (unpaired) electrons. The van der Waals surface area contributed by atoms with Crippen LogP contribution < -0.4 is 10.5 Å². The summed E-state index contributed by atoms with van der Waals surface area (Å²) >= 11 is 0. The van der Waals surface area contributed by atoms with Gasteiger partial charge in [-0.2, -0.15) is 0 Å². The average molecular weight is 375 g/mol. The number of nitrogens with two attached hydrogens (primary N) is 1. The maximum atomic E-state index is 13.0. The molecule has 2 fully saturated rings. The number of nitrogens with zero attached hydrogens (tertiary/aromatic N) is 2. The van der Waals surface area contributed by atoms with Crippen LogP contribution in [0.25, 0.3) is 0 Å². The van der Waals surface area contributed by atoms with Gasteiger partial charge in [-0.25, -0.2) is 0 Å². The van der Waals surface area contributed by atoms with Gasteiger partial charge in [0.2, 0.25) is 0 Å². The van der Waals surface area contributed by atoms with Crippen molar-refractivity contribution in [1.82, 2.24) is 9.80 Å². The number of aliphatic hydroxyl groups excluding tert-OH is 1. The van der Waals surface area contributed by atoms with Gasteiger partial charge >= 0.3 is 0 Å². The monoisotopic (exact) mass is 375 g/mol. The number of carbonyl (C=O) groups excluding carboxylic acids is 2. The fraction of sp³-hybridized carbons (Fsp3) is 0.600. The van der Waals surface area contributed by atoms with Crippen molar-refractivity contribution in [3.63, 3.8) is 0 Å². The number of carbonyl (C=O) groups is 2. The molecule has 0 aromatic heterocycles. The molecule has 3 rings (SSSR count). The molecule has 1 aromatic carbocycles. The smallest absolute Gasteiger partial charge is 0.255 e. The molecule has 2 saturated heterocycles. The van der Waals surface area contributed by atoms with E-state index in [1.807, 2.05) is 4.90 Å². The van der Waals surface area contributed by atoms with E-state index >= 15 is 0 Å². The van der Waals surface area contributed by atoms with E-state index in [0.717, 1.165) is 26.1 Å². The lowest BCUT2D eigenvalue weighted by Gasteiger charge is -2.38. The van der Waals surface area contributed by atoms with Crippen molar-refractivity contribution in [2.24, 2.45) is 17.6 Å². The summed E-state index contributed by atoms with van der Waals surface area (Å²) in [6.45, 7) is 4.41. The molecule has 0 saturated carbocycles. The third kappa shape index (κ3) is 5.43. The van der Waals surface area contributed by atoms with Crippen LogP contribution in [-0.2, 0) is 4.79 Å². The van der Waals surface area contributed by atoms with E-state index < -0.39 is 5.91 Å². The molecule has 0 unspecified atom stereocenters. The van der Waals surface area contributed by atoms with Crippen LogP contribution in [0.2, 0.25) is 0 Å². The Bertz CT molecular complexity index is 660. The molecule has 0 bridgehead atoms. The van der Waals surface area contributed by atoms with Gasteiger partial charge in [0, 0.05) is 31.8 Å². The number of ether oxygens (including phenoxy) is 1. The number of aliphatic hydroxyl groups is 1. The van der Waals surface area contributed by atoms with Crippen LogP contribution in [0.5, 0.6) is 5.75 Å². The van der Waals surface area contributed by atoms with Crippen molar-refractivity contribution in [2.75, 3.05) is 45.9 Å². The minimum absolute atomic E-state index is 0.0657. The van der Waals surface area contributed by atoms with Gasteiger partial charge in [0.05, 0.1) is 0 Å². The zero-order valence-electron chi connectivity index (χ0n) is 15.7. The van der Waals surface area contributed by atoms with Crippen molar-refractivity contribution < 1.29 is 19.4 Å². The maximum Gasteiger partial charge on any atom is 0.255 e. The highest BCUT2D eigenvalue weighted by Gasteiger charge is 2.31. The molecule has 2 amide bonds. The summed E-state index contributed by atoms with van der Waals surface area (Å²) in [6.07, 6.45) is 3.45. The molecule has 2 atom stereocenters. The Morgan fingerprint density at radius 2 is 1.93 bits per heavy atom. The summed E-state index contributed by atoms with van der Waals surface area (Å²) in [5.41, 5.74) is 5.62. The Labute approximate surface area is 160 Å². The van der Waals surface area contributed by atoms with Gasteiger partial charge in [-0.15, -0.1) is 0 Å². The first-order chi connectivity index (χ1) is 13.0. The molecular weight excluding hydrogens is 346 g/mol. The van der Waals surface area contributed by atoms with Crippen molar-refractivity contribution in [1.29, 1.82) is 0 Å². The summed E-state index contributed by atoms with van der Waals surface area (Å²) in [5, 5.41) is 9.69. The predicted molar refractivity (Wildman–Crippen MR) is 101 cm³/mol. The van der Waals surface area contributed by atoms with Crippen LogP contribution in [0.15, 0.2) is 24.3 Å². The highest BCUT2D eigenvalue weighted by atomic mass is 16.5. The molecule has 7 heteroatoms. The third-order valence-electron chi connectivity index (χ3n) is 5.35. The number of primary amides is 1. The Morgan fingerprint density at radius 1 is 1.19 bits per heavy atom. The van der Waals surface area contributed by atoms with Gasteiger partial charge in [-0.05, 0) is 62.4 Å². The number of likely N-dealkylation sites (tertiary alicyclic amines) is 2. The van der Waals surface area contributed by atoms with Gasteiger partial charge in [0.15, 0.2) is 6.61 Å². The van der Waals surface area contributed by atoms with Crippen molar-refractivity contribution in [2.45, 2.75) is 19.3 Å². The second-order valence-corrected chi connectivity index (χ2v) is 7.65. The second kappa shape index (κ2) is 9.19. The first-order valence-electron chi connectivity index (χ1n) is 9.69. The molecule has 2 aliphatic heterocycles. The Kier molecular flexibility index (Phi) is 6.68. The van der Waals surface area contributed by atoms with Gasteiger partial charge in [-0.3, -0.25) is 9.59 Å². The van der Waals surface area contributed by atoms with E-state index in [4.69, 9.17) is 10.5 Å². The van der Waals surface area contributed by atoms with Crippen molar-refractivity contribution >= 4 is 11.8 Å². The minimum atomic E-state index is -0.557. The molecule has 0 aliphatic carbocycles. The van der Waals surface area contributed by atoms with E-state index in [-0.39, 0.29) is 25.0 Å². The van der Waals surface area contributed by atoms with Crippen LogP contribution in [-0.4, -0.2) is 72.7 Å². The molecule has 2 aliphatic rings. The summed E-state index contributed by atoms with van der Waals surface area (Å²) in [7, 11) is 0. The first kappa shape index (κ1) is 19.6. The van der Waals surface area contributed by atoms with Gasteiger partial charge < -0.3 is 25.4 Å². The molecular formula is C20H29N3O4. The van der Waals surface area contributed by atoms with Gasteiger partial charge in [-0.1, -0.05) is 6.07 Å². The number of rotatable bonds is 7. The molecule has 3 N–H and O–H groups in total. The number of amides is 2. The summed E-state index contributed by atoms with van der Waals surface area (Å²) < 4.78 is 5.31. The van der Waals surface area contributed by atoms with Crippen molar-refractivity contribution in [3.05, 3.63) is 29.8 Å². The molecule has 2 heterocycles. The lowest BCUT2D eigenvalue weighted by Crippen LogP contribution is -2.47. The standard InChI is InChI=1S/C20H29N3O4/c21-19(25)14-27-18-5-3-4-17(9-18)20(26)23-11-15(8-16(12-23)13-24)10-22-6-1-2-7-22/h3-5,9,15-16,24H,1-2,6-8,10-14H2,(H2,21,25)/t15-,16-/m1/s1. The van der Waals surface area contributed by atoms with Crippen LogP contribution in [0.3, 0.4) is 0 Å². The van der Waals surface area contributed by atoms with E-state index in [2.05, 4.69) is 4.90 Å². The van der Waals surface area contributed by atoms with Crippen LogP contribution in [0.1, 0.15) is 29.6 Å². The Hall–Kier alpha value is -2.12. The van der Waals surface area contributed by atoms with Crippen molar-refractivity contribution in [3.8, 4) is 5.75 Å². The van der Waals surface area contributed by atoms with E-state index in [0.29, 0.717) is 30.3 Å². The normalized spacial score (nSPS) is 23.4. The SMILES string of the molecule is NC(=O)COc1cccc(C(=O)N2C[C@H](CO)C[C@H](CN3CCCC3)C2)c1. The summed E-state index contributed by atoms with van der Waals surface area (Å²) in [6, 6.07) is 6.82. The zero-order chi connectivity index (χ0) is 19.2. The number of benzene rings is 1. The fourth-order valence-corrected chi connectivity index (χ4v) is 4.14. The molecule has 7 nitrogen and oxygen atoms in total. The topological polar surface area (TPSA) is 96.1 Å². The van der Waals surface area contributed by atoms with Crippen LogP contribution in [0, 0.1) is 11.8 Å². The number of piperidine rings is 1. The largest absolute Gasteiger partial charge is 0.484 e. The number of hydrogen-bond donors (Lipinski definition) is 2. The molecule has 148 valence electrons. The fourth-order valence-electron chi connectivity index (χ4n) is 4.14. The van der Waals surface area contributed by atoms with Crippen LogP contribution in [0.4, 0.5) is 0 Å². The third-order valence-corrected chi connectivity index (χ3v) is 5.35. The van der Waals surface area contributed by atoms with E-state index in [1.54, 1.807) is 24.3 Å².